The number of hydrogen-bond donors (Lipinski definition) is 2. The monoisotopic (exact) mass is 172 g/mol. The van der Waals surface area contributed by atoms with Gasteiger partial charge in [0, 0.05) is 0 Å². The van der Waals surface area contributed by atoms with E-state index in [0.717, 1.165) is 0 Å². The zero-order valence-corrected chi connectivity index (χ0v) is 7.81. The van der Waals surface area contributed by atoms with E-state index < -0.39 is 5.54 Å². The standard InChI is InChI=1S/C8H16N2O2/c1-8(2,9-3)7(11)10-6-4-12-5-6/h6,9H,4-5H2,1-3H3,(H,10,11). The van der Waals surface area contributed by atoms with Gasteiger partial charge in [-0.2, -0.15) is 0 Å². The summed E-state index contributed by atoms with van der Waals surface area (Å²) in [4.78, 5) is 11.5. The largest absolute Gasteiger partial charge is 0.377 e. The van der Waals surface area contributed by atoms with E-state index in [1.165, 1.54) is 0 Å². The summed E-state index contributed by atoms with van der Waals surface area (Å²) >= 11 is 0. The fourth-order valence-corrected chi connectivity index (χ4v) is 0.798. The van der Waals surface area contributed by atoms with Crippen molar-refractivity contribution in [2.24, 2.45) is 0 Å². The van der Waals surface area contributed by atoms with Crippen LogP contribution >= 0.6 is 0 Å². The topological polar surface area (TPSA) is 50.4 Å². The molecule has 1 amide bonds. The van der Waals surface area contributed by atoms with Crippen LogP contribution in [-0.2, 0) is 9.53 Å². The lowest BCUT2D eigenvalue weighted by Crippen LogP contribution is -2.58. The molecule has 0 aromatic heterocycles. The van der Waals surface area contributed by atoms with Gasteiger partial charge in [0.2, 0.25) is 5.91 Å². The van der Waals surface area contributed by atoms with Gasteiger partial charge in [-0.3, -0.25) is 4.79 Å². The third kappa shape index (κ3) is 1.95. The van der Waals surface area contributed by atoms with Gasteiger partial charge in [0.25, 0.3) is 0 Å². The molecule has 4 nitrogen and oxygen atoms in total. The van der Waals surface area contributed by atoms with Crippen LogP contribution < -0.4 is 10.6 Å². The highest BCUT2D eigenvalue weighted by molar-refractivity contribution is 5.85. The number of hydrogen-bond acceptors (Lipinski definition) is 3. The first-order valence-corrected chi connectivity index (χ1v) is 4.14. The molecule has 1 heterocycles. The molecular formula is C8H16N2O2. The van der Waals surface area contributed by atoms with Crippen molar-refractivity contribution in [3.8, 4) is 0 Å². The molecule has 70 valence electrons. The van der Waals surface area contributed by atoms with E-state index in [1.807, 2.05) is 13.8 Å². The molecule has 0 aromatic carbocycles. The Balaban J connectivity index is 2.35. The summed E-state index contributed by atoms with van der Waals surface area (Å²) in [6.07, 6.45) is 0. The van der Waals surface area contributed by atoms with Crippen LogP contribution in [-0.4, -0.2) is 37.7 Å². The molecule has 0 bridgehead atoms. The third-order valence-electron chi connectivity index (χ3n) is 2.17. The number of carbonyl (C=O) groups excluding carboxylic acids is 1. The first-order chi connectivity index (χ1) is 5.56. The van der Waals surface area contributed by atoms with E-state index in [0.29, 0.717) is 13.2 Å². The molecule has 0 radical (unpaired) electrons. The number of likely N-dealkylation sites (N-methyl/N-ethyl adjacent to an activating group) is 1. The smallest absolute Gasteiger partial charge is 0.240 e. The first-order valence-electron chi connectivity index (χ1n) is 4.14. The second-order valence-corrected chi connectivity index (χ2v) is 3.58. The summed E-state index contributed by atoms with van der Waals surface area (Å²) in [5, 5.41) is 5.82. The van der Waals surface area contributed by atoms with Crippen LogP contribution in [0.3, 0.4) is 0 Å². The quantitative estimate of drug-likeness (QED) is 0.603. The van der Waals surface area contributed by atoms with Crippen molar-refractivity contribution in [2.75, 3.05) is 20.3 Å². The molecule has 0 saturated carbocycles. The lowest BCUT2D eigenvalue weighted by Gasteiger charge is -2.31. The normalized spacial score (nSPS) is 18.6. The Morgan fingerprint density at radius 2 is 2.08 bits per heavy atom. The maximum absolute atomic E-state index is 11.5. The van der Waals surface area contributed by atoms with Crippen molar-refractivity contribution in [3.63, 3.8) is 0 Å². The van der Waals surface area contributed by atoms with E-state index in [9.17, 15) is 4.79 Å². The summed E-state index contributed by atoms with van der Waals surface area (Å²) < 4.78 is 4.95. The molecule has 0 aliphatic carbocycles. The van der Waals surface area contributed by atoms with E-state index in [2.05, 4.69) is 10.6 Å². The molecule has 4 heteroatoms. The molecular weight excluding hydrogens is 156 g/mol. The summed E-state index contributed by atoms with van der Waals surface area (Å²) in [6.45, 7) is 4.99. The van der Waals surface area contributed by atoms with Crippen LogP contribution in [0.1, 0.15) is 13.8 Å². The van der Waals surface area contributed by atoms with Crippen LogP contribution in [0.5, 0.6) is 0 Å². The molecule has 1 saturated heterocycles. The SMILES string of the molecule is CNC(C)(C)C(=O)NC1COC1. The Kier molecular flexibility index (Phi) is 2.69. The van der Waals surface area contributed by atoms with Gasteiger partial charge in [0.1, 0.15) is 0 Å². The Hall–Kier alpha value is -0.610. The van der Waals surface area contributed by atoms with Gasteiger partial charge in [0.05, 0.1) is 24.8 Å². The number of carbonyl (C=O) groups is 1. The van der Waals surface area contributed by atoms with Crippen LogP contribution in [0.2, 0.25) is 0 Å². The van der Waals surface area contributed by atoms with Crippen LogP contribution in [0.25, 0.3) is 0 Å². The maximum atomic E-state index is 11.5. The van der Waals surface area contributed by atoms with E-state index in [4.69, 9.17) is 4.74 Å². The highest BCUT2D eigenvalue weighted by atomic mass is 16.5. The van der Waals surface area contributed by atoms with E-state index >= 15 is 0 Å². The average Bonchev–Trinajstić information content (AvgIpc) is 1.96. The molecule has 12 heavy (non-hydrogen) atoms. The Bertz CT molecular complexity index is 176. The highest BCUT2D eigenvalue weighted by Gasteiger charge is 2.29. The molecule has 1 aliphatic rings. The highest BCUT2D eigenvalue weighted by Crippen LogP contribution is 2.05. The van der Waals surface area contributed by atoms with Crippen molar-refractivity contribution in [1.29, 1.82) is 0 Å². The molecule has 0 unspecified atom stereocenters. The predicted molar refractivity (Wildman–Crippen MR) is 45.9 cm³/mol. The average molecular weight is 172 g/mol. The number of ether oxygens (including phenoxy) is 1. The van der Waals surface area contributed by atoms with Gasteiger partial charge in [-0.1, -0.05) is 0 Å². The zero-order valence-electron chi connectivity index (χ0n) is 7.81. The Morgan fingerprint density at radius 1 is 1.50 bits per heavy atom. The van der Waals surface area contributed by atoms with Crippen molar-refractivity contribution >= 4 is 5.91 Å². The second-order valence-electron chi connectivity index (χ2n) is 3.58. The zero-order chi connectivity index (χ0) is 9.19. The van der Waals surface area contributed by atoms with Gasteiger partial charge in [0.15, 0.2) is 0 Å². The Labute approximate surface area is 72.7 Å². The van der Waals surface area contributed by atoms with Crippen LogP contribution in [0.15, 0.2) is 0 Å². The minimum Gasteiger partial charge on any atom is -0.377 e. The minimum absolute atomic E-state index is 0.0262. The van der Waals surface area contributed by atoms with Gasteiger partial charge < -0.3 is 15.4 Å². The molecule has 1 rings (SSSR count). The predicted octanol–water partition coefficient (Wildman–Crippen LogP) is -0.501. The van der Waals surface area contributed by atoms with E-state index in [-0.39, 0.29) is 11.9 Å². The second kappa shape index (κ2) is 3.41. The number of nitrogens with one attached hydrogen (secondary N) is 2. The Morgan fingerprint density at radius 3 is 2.42 bits per heavy atom. The first kappa shape index (κ1) is 9.48. The van der Waals surface area contributed by atoms with Gasteiger partial charge in [-0.25, -0.2) is 0 Å². The van der Waals surface area contributed by atoms with Crippen LogP contribution in [0.4, 0.5) is 0 Å². The molecule has 0 spiro atoms. The number of amides is 1. The van der Waals surface area contributed by atoms with Gasteiger partial charge in [-0.15, -0.1) is 0 Å². The molecule has 0 aromatic rings. The number of rotatable bonds is 3. The summed E-state index contributed by atoms with van der Waals surface area (Å²) in [5.74, 6) is 0.0262. The van der Waals surface area contributed by atoms with Gasteiger partial charge >= 0.3 is 0 Å². The van der Waals surface area contributed by atoms with E-state index in [1.54, 1.807) is 7.05 Å². The lowest BCUT2D eigenvalue weighted by molar-refractivity contribution is -0.130. The fraction of sp³-hybridized carbons (Fsp3) is 0.875. The molecule has 2 N–H and O–H groups in total. The van der Waals surface area contributed by atoms with Crippen molar-refractivity contribution in [3.05, 3.63) is 0 Å². The fourth-order valence-electron chi connectivity index (χ4n) is 0.798. The van der Waals surface area contributed by atoms with Crippen molar-refractivity contribution < 1.29 is 9.53 Å². The van der Waals surface area contributed by atoms with Gasteiger partial charge in [-0.05, 0) is 20.9 Å². The third-order valence-corrected chi connectivity index (χ3v) is 2.17. The lowest BCUT2D eigenvalue weighted by atomic mass is 10.0. The minimum atomic E-state index is -0.490. The molecule has 0 atom stereocenters. The maximum Gasteiger partial charge on any atom is 0.240 e. The molecule has 1 fully saturated rings. The van der Waals surface area contributed by atoms with Crippen LogP contribution in [0, 0.1) is 0 Å². The van der Waals surface area contributed by atoms with Crippen molar-refractivity contribution in [2.45, 2.75) is 25.4 Å². The summed E-state index contributed by atoms with van der Waals surface area (Å²) in [7, 11) is 1.77. The molecule has 1 aliphatic heterocycles. The summed E-state index contributed by atoms with van der Waals surface area (Å²) in [6, 6.07) is 0.213. The van der Waals surface area contributed by atoms with Crippen molar-refractivity contribution in [1.82, 2.24) is 10.6 Å². The summed E-state index contributed by atoms with van der Waals surface area (Å²) in [5.41, 5.74) is -0.490.